The summed E-state index contributed by atoms with van der Waals surface area (Å²) in [5.74, 6) is -0.515. The smallest absolute Gasteiger partial charge is 0.324 e. The predicted molar refractivity (Wildman–Crippen MR) is 54.0 cm³/mol. The highest BCUT2D eigenvalue weighted by Crippen LogP contribution is 2.34. The van der Waals surface area contributed by atoms with Crippen LogP contribution >= 0.6 is 0 Å². The predicted octanol–water partition coefficient (Wildman–Crippen LogP) is 1.86. The van der Waals surface area contributed by atoms with Crippen molar-refractivity contribution in [2.75, 3.05) is 18.9 Å². The van der Waals surface area contributed by atoms with Gasteiger partial charge in [0.1, 0.15) is 0 Å². The lowest BCUT2D eigenvalue weighted by molar-refractivity contribution is -0.137. The number of anilines is 1. The quantitative estimate of drug-likeness (QED) is 0.835. The first-order valence-corrected chi connectivity index (χ1v) is 4.56. The highest BCUT2D eigenvalue weighted by atomic mass is 19.4. The molecule has 0 atom stereocenters. The van der Waals surface area contributed by atoms with Crippen molar-refractivity contribution in [3.8, 4) is 0 Å². The van der Waals surface area contributed by atoms with Gasteiger partial charge < -0.3 is 10.6 Å². The number of nitrogens with one attached hydrogen (secondary N) is 2. The number of hydrogen-bond acceptors (Lipinski definition) is 2. The van der Waals surface area contributed by atoms with E-state index in [1.54, 1.807) is 0 Å². The number of alkyl halides is 3. The summed E-state index contributed by atoms with van der Waals surface area (Å²) in [6, 6.07) is 4.85. The average molecular weight is 232 g/mol. The summed E-state index contributed by atoms with van der Waals surface area (Å²) in [7, 11) is 1.54. The molecule has 88 valence electrons. The molecule has 0 aliphatic heterocycles. The fourth-order valence-electron chi connectivity index (χ4n) is 1.19. The Bertz CT molecular complexity index is 377. The van der Waals surface area contributed by atoms with Crippen LogP contribution in [0, 0.1) is 0 Å². The van der Waals surface area contributed by atoms with Gasteiger partial charge in [-0.25, -0.2) is 0 Å². The zero-order valence-electron chi connectivity index (χ0n) is 8.56. The summed E-state index contributed by atoms with van der Waals surface area (Å²) in [5.41, 5.74) is -1.07. The summed E-state index contributed by atoms with van der Waals surface area (Å²) < 4.78 is 37.6. The monoisotopic (exact) mass is 232 g/mol. The van der Waals surface area contributed by atoms with Gasteiger partial charge in [-0.15, -0.1) is 0 Å². The Morgan fingerprint density at radius 2 is 1.94 bits per heavy atom. The van der Waals surface area contributed by atoms with E-state index in [0.29, 0.717) is 0 Å². The number of carbonyl (C=O) groups excluding carboxylic acids is 1. The Labute approximate surface area is 90.6 Å². The molecular formula is C10H11F3N2O. The van der Waals surface area contributed by atoms with Crippen LogP contribution in [-0.4, -0.2) is 19.5 Å². The molecular weight excluding hydrogens is 221 g/mol. The van der Waals surface area contributed by atoms with Crippen LogP contribution in [0.2, 0.25) is 0 Å². The number of para-hydroxylation sites is 1. The molecule has 0 heterocycles. The van der Waals surface area contributed by atoms with Crippen molar-refractivity contribution in [1.29, 1.82) is 0 Å². The van der Waals surface area contributed by atoms with E-state index in [1.165, 1.54) is 25.2 Å². The first-order valence-electron chi connectivity index (χ1n) is 4.56. The van der Waals surface area contributed by atoms with Crippen molar-refractivity contribution in [3.63, 3.8) is 0 Å². The van der Waals surface area contributed by atoms with Gasteiger partial charge in [0.15, 0.2) is 0 Å². The maximum absolute atomic E-state index is 12.5. The number of rotatable bonds is 3. The second kappa shape index (κ2) is 4.98. The molecule has 0 spiro atoms. The largest absolute Gasteiger partial charge is 0.418 e. The van der Waals surface area contributed by atoms with Crippen LogP contribution in [0.15, 0.2) is 24.3 Å². The topological polar surface area (TPSA) is 41.1 Å². The third-order valence-corrected chi connectivity index (χ3v) is 1.84. The van der Waals surface area contributed by atoms with Crippen LogP contribution in [0.5, 0.6) is 0 Å². The minimum absolute atomic E-state index is 0.0355. The Hall–Kier alpha value is -1.56. The number of likely N-dealkylation sites (N-methyl/N-ethyl adjacent to an activating group) is 1. The summed E-state index contributed by atoms with van der Waals surface area (Å²) in [6.07, 6.45) is -4.47. The molecule has 0 aliphatic carbocycles. The molecule has 0 bridgehead atoms. The standard InChI is InChI=1S/C10H11F3N2O/c1-14-6-9(16)15-8-5-3-2-4-7(8)10(11,12)13/h2-5,14H,6H2,1H3,(H,15,16). The van der Waals surface area contributed by atoms with Gasteiger partial charge in [0.2, 0.25) is 5.91 Å². The molecule has 2 N–H and O–H groups in total. The van der Waals surface area contributed by atoms with Gasteiger partial charge in [-0.1, -0.05) is 12.1 Å². The Morgan fingerprint density at radius 1 is 1.31 bits per heavy atom. The van der Waals surface area contributed by atoms with Crippen LogP contribution in [0.3, 0.4) is 0 Å². The van der Waals surface area contributed by atoms with Crippen molar-refractivity contribution in [2.45, 2.75) is 6.18 Å². The summed E-state index contributed by atoms with van der Waals surface area (Å²) in [6.45, 7) is -0.0355. The van der Waals surface area contributed by atoms with Crippen LogP contribution in [0.1, 0.15) is 5.56 Å². The highest BCUT2D eigenvalue weighted by molar-refractivity contribution is 5.93. The number of amides is 1. The van der Waals surface area contributed by atoms with Crippen LogP contribution < -0.4 is 10.6 Å². The third kappa shape index (κ3) is 3.23. The molecule has 0 aliphatic rings. The number of hydrogen-bond donors (Lipinski definition) is 2. The minimum Gasteiger partial charge on any atom is -0.324 e. The van der Waals surface area contributed by atoms with Crippen LogP contribution in [0.25, 0.3) is 0 Å². The normalized spacial score (nSPS) is 11.2. The van der Waals surface area contributed by atoms with Gasteiger partial charge in [-0.05, 0) is 19.2 Å². The van der Waals surface area contributed by atoms with Gasteiger partial charge in [0.25, 0.3) is 0 Å². The Kier molecular flexibility index (Phi) is 3.89. The molecule has 1 aromatic carbocycles. The van der Waals surface area contributed by atoms with E-state index in [4.69, 9.17) is 0 Å². The molecule has 0 saturated heterocycles. The zero-order chi connectivity index (χ0) is 12.2. The number of halogens is 3. The third-order valence-electron chi connectivity index (χ3n) is 1.84. The molecule has 0 radical (unpaired) electrons. The SMILES string of the molecule is CNCC(=O)Nc1ccccc1C(F)(F)F. The lowest BCUT2D eigenvalue weighted by Gasteiger charge is -2.13. The highest BCUT2D eigenvalue weighted by Gasteiger charge is 2.33. The van der Waals surface area contributed by atoms with Crippen molar-refractivity contribution in [3.05, 3.63) is 29.8 Å². The van der Waals surface area contributed by atoms with E-state index in [2.05, 4.69) is 10.6 Å². The van der Waals surface area contributed by atoms with Gasteiger partial charge >= 0.3 is 6.18 Å². The molecule has 0 saturated carbocycles. The van der Waals surface area contributed by atoms with E-state index in [1.807, 2.05) is 0 Å². The zero-order valence-corrected chi connectivity index (χ0v) is 8.56. The second-order valence-electron chi connectivity index (χ2n) is 3.12. The van der Waals surface area contributed by atoms with Gasteiger partial charge in [0, 0.05) is 0 Å². The van der Waals surface area contributed by atoms with Crippen molar-refractivity contribution >= 4 is 11.6 Å². The molecule has 1 aromatic rings. The van der Waals surface area contributed by atoms with Gasteiger partial charge in [0.05, 0.1) is 17.8 Å². The van der Waals surface area contributed by atoms with E-state index in [0.717, 1.165) is 6.07 Å². The maximum Gasteiger partial charge on any atom is 0.418 e. The molecule has 6 heteroatoms. The maximum atomic E-state index is 12.5. The Morgan fingerprint density at radius 3 is 2.50 bits per heavy atom. The number of benzene rings is 1. The molecule has 0 unspecified atom stereocenters. The molecule has 3 nitrogen and oxygen atoms in total. The molecule has 1 rings (SSSR count). The van der Waals surface area contributed by atoms with E-state index in [-0.39, 0.29) is 12.2 Å². The van der Waals surface area contributed by atoms with E-state index >= 15 is 0 Å². The first-order chi connectivity index (χ1) is 7.45. The fourth-order valence-corrected chi connectivity index (χ4v) is 1.19. The Balaban J connectivity index is 2.92. The van der Waals surface area contributed by atoms with Gasteiger partial charge in [-0.2, -0.15) is 13.2 Å². The molecule has 0 aromatic heterocycles. The molecule has 0 fully saturated rings. The first kappa shape index (κ1) is 12.5. The van der Waals surface area contributed by atoms with E-state index in [9.17, 15) is 18.0 Å². The lowest BCUT2D eigenvalue weighted by atomic mass is 10.1. The minimum atomic E-state index is -4.47. The van der Waals surface area contributed by atoms with Gasteiger partial charge in [-0.3, -0.25) is 4.79 Å². The molecule has 1 amide bonds. The second-order valence-corrected chi connectivity index (χ2v) is 3.12. The summed E-state index contributed by atoms with van der Waals surface area (Å²) in [4.78, 5) is 11.2. The lowest BCUT2D eigenvalue weighted by Crippen LogP contribution is -2.26. The average Bonchev–Trinajstić information content (AvgIpc) is 2.17. The van der Waals surface area contributed by atoms with Crippen molar-refractivity contribution in [1.82, 2.24) is 5.32 Å². The van der Waals surface area contributed by atoms with Crippen molar-refractivity contribution in [2.24, 2.45) is 0 Å². The van der Waals surface area contributed by atoms with E-state index < -0.39 is 17.6 Å². The number of carbonyl (C=O) groups is 1. The molecule has 16 heavy (non-hydrogen) atoms. The van der Waals surface area contributed by atoms with Crippen molar-refractivity contribution < 1.29 is 18.0 Å². The van der Waals surface area contributed by atoms with Crippen LogP contribution in [-0.2, 0) is 11.0 Å². The van der Waals surface area contributed by atoms with Crippen LogP contribution in [0.4, 0.5) is 18.9 Å². The fraction of sp³-hybridized carbons (Fsp3) is 0.300. The summed E-state index contributed by atoms with van der Waals surface area (Å²) >= 11 is 0. The summed E-state index contributed by atoms with van der Waals surface area (Å²) in [5, 5.41) is 4.75.